The molecule has 1 saturated carbocycles. The number of benzene rings is 1. The quantitative estimate of drug-likeness (QED) is 0.868. The molecule has 2 N–H and O–H groups in total. The standard InChI is InChI=1S/C20H29N3O2/c24-19-10-2-1-9-18(19)22-11-13-23(14-12-22)20(25)21-17-8-4-6-15-5-3-7-16(15)17/h4,6,8,18-19,24H,1-3,5,7,9-14H2,(H,21,25)/t18-,19-/m0/s1. The van der Waals surface area contributed by atoms with Crippen LogP contribution in [-0.4, -0.2) is 59.3 Å². The van der Waals surface area contributed by atoms with Crippen LogP contribution in [0.15, 0.2) is 18.2 Å². The van der Waals surface area contributed by atoms with Crippen molar-refractivity contribution >= 4 is 11.7 Å². The van der Waals surface area contributed by atoms with E-state index in [1.807, 2.05) is 17.0 Å². The van der Waals surface area contributed by atoms with Crippen molar-refractivity contribution in [3.63, 3.8) is 0 Å². The third kappa shape index (κ3) is 3.53. The summed E-state index contributed by atoms with van der Waals surface area (Å²) in [5.74, 6) is 0. The molecule has 1 heterocycles. The summed E-state index contributed by atoms with van der Waals surface area (Å²) in [7, 11) is 0. The normalized spacial score (nSPS) is 27.2. The zero-order valence-electron chi connectivity index (χ0n) is 14.9. The number of nitrogens with one attached hydrogen (secondary N) is 1. The van der Waals surface area contributed by atoms with E-state index in [2.05, 4.69) is 16.3 Å². The molecule has 0 radical (unpaired) electrons. The van der Waals surface area contributed by atoms with E-state index in [9.17, 15) is 9.90 Å². The van der Waals surface area contributed by atoms with Crippen LogP contribution in [-0.2, 0) is 12.8 Å². The first-order valence-corrected chi connectivity index (χ1v) is 9.81. The average molecular weight is 343 g/mol. The molecule has 2 amide bonds. The van der Waals surface area contributed by atoms with Crippen molar-refractivity contribution in [1.82, 2.24) is 9.80 Å². The van der Waals surface area contributed by atoms with Crippen molar-refractivity contribution in [3.05, 3.63) is 29.3 Å². The van der Waals surface area contributed by atoms with Crippen molar-refractivity contribution in [2.45, 2.75) is 57.1 Å². The molecular weight excluding hydrogens is 314 g/mol. The van der Waals surface area contributed by atoms with E-state index >= 15 is 0 Å². The number of aliphatic hydroxyl groups is 1. The molecule has 0 bridgehead atoms. The number of anilines is 1. The molecule has 5 heteroatoms. The minimum Gasteiger partial charge on any atom is -0.391 e. The number of nitrogens with zero attached hydrogens (tertiary/aromatic N) is 2. The highest BCUT2D eigenvalue weighted by atomic mass is 16.3. The molecular formula is C20H29N3O2. The molecule has 1 aliphatic heterocycles. The minimum atomic E-state index is -0.193. The fourth-order valence-corrected chi connectivity index (χ4v) is 4.71. The predicted molar refractivity (Wildman–Crippen MR) is 98.9 cm³/mol. The number of carbonyl (C=O) groups excluding carboxylic acids is 1. The van der Waals surface area contributed by atoms with Gasteiger partial charge in [0.05, 0.1) is 6.10 Å². The van der Waals surface area contributed by atoms with E-state index in [0.717, 1.165) is 64.0 Å². The van der Waals surface area contributed by atoms with Crippen LogP contribution in [0.1, 0.15) is 43.2 Å². The van der Waals surface area contributed by atoms with Gasteiger partial charge in [0.1, 0.15) is 0 Å². The lowest BCUT2D eigenvalue weighted by molar-refractivity contribution is 0.00275. The molecule has 0 unspecified atom stereocenters. The third-order valence-corrected chi connectivity index (χ3v) is 6.15. The fourth-order valence-electron chi connectivity index (χ4n) is 4.71. The first kappa shape index (κ1) is 16.9. The third-order valence-electron chi connectivity index (χ3n) is 6.15. The highest BCUT2D eigenvalue weighted by molar-refractivity contribution is 5.90. The van der Waals surface area contributed by atoms with Crippen LogP contribution >= 0.6 is 0 Å². The van der Waals surface area contributed by atoms with E-state index < -0.39 is 0 Å². The van der Waals surface area contributed by atoms with Crippen LogP contribution in [0.3, 0.4) is 0 Å². The van der Waals surface area contributed by atoms with Crippen molar-refractivity contribution in [3.8, 4) is 0 Å². The highest BCUT2D eigenvalue weighted by Crippen LogP contribution is 2.29. The Hall–Kier alpha value is -1.59. The number of carbonyl (C=O) groups is 1. The smallest absolute Gasteiger partial charge is 0.321 e. The Kier molecular flexibility index (Phi) is 4.95. The molecule has 5 nitrogen and oxygen atoms in total. The van der Waals surface area contributed by atoms with Crippen molar-refractivity contribution in [2.75, 3.05) is 31.5 Å². The van der Waals surface area contributed by atoms with Gasteiger partial charge >= 0.3 is 6.03 Å². The summed E-state index contributed by atoms with van der Waals surface area (Å²) in [4.78, 5) is 17.0. The average Bonchev–Trinajstić information content (AvgIpc) is 3.12. The molecule has 1 aromatic carbocycles. The Bertz CT molecular complexity index is 625. The summed E-state index contributed by atoms with van der Waals surface area (Å²) in [5.41, 5.74) is 3.69. The van der Waals surface area contributed by atoms with Gasteiger partial charge in [-0.05, 0) is 49.3 Å². The molecule has 2 aliphatic carbocycles. The molecule has 4 rings (SSSR count). The lowest BCUT2D eigenvalue weighted by Crippen LogP contribution is -2.56. The highest BCUT2D eigenvalue weighted by Gasteiger charge is 2.32. The SMILES string of the molecule is O=C(Nc1cccc2c1CCC2)N1CCN([C@H]2CCCC[C@@H]2O)CC1. The van der Waals surface area contributed by atoms with E-state index in [1.165, 1.54) is 24.0 Å². The van der Waals surface area contributed by atoms with Gasteiger partial charge in [-0.2, -0.15) is 0 Å². The Balaban J connectivity index is 1.33. The van der Waals surface area contributed by atoms with Gasteiger partial charge in [0, 0.05) is 37.9 Å². The van der Waals surface area contributed by atoms with E-state index in [0.29, 0.717) is 0 Å². The molecule has 25 heavy (non-hydrogen) atoms. The van der Waals surface area contributed by atoms with Crippen LogP contribution in [0.2, 0.25) is 0 Å². The number of hydrogen-bond donors (Lipinski definition) is 2. The molecule has 2 fully saturated rings. The summed E-state index contributed by atoms with van der Waals surface area (Å²) in [6, 6.07) is 6.55. The zero-order valence-corrected chi connectivity index (χ0v) is 14.9. The summed E-state index contributed by atoms with van der Waals surface area (Å²) >= 11 is 0. The monoisotopic (exact) mass is 343 g/mol. The van der Waals surface area contributed by atoms with Crippen molar-refractivity contribution in [1.29, 1.82) is 0 Å². The second kappa shape index (κ2) is 7.34. The Morgan fingerprint density at radius 2 is 1.84 bits per heavy atom. The van der Waals surface area contributed by atoms with Gasteiger partial charge in [0.15, 0.2) is 0 Å². The predicted octanol–water partition coefficient (Wildman–Crippen LogP) is 2.63. The van der Waals surface area contributed by atoms with Crippen LogP contribution in [0, 0.1) is 0 Å². The van der Waals surface area contributed by atoms with Crippen LogP contribution in [0.4, 0.5) is 10.5 Å². The number of fused-ring (bicyclic) bond motifs is 1. The second-order valence-electron chi connectivity index (χ2n) is 7.67. The zero-order chi connectivity index (χ0) is 17.2. The van der Waals surface area contributed by atoms with Gasteiger partial charge in [0.2, 0.25) is 0 Å². The van der Waals surface area contributed by atoms with Gasteiger partial charge in [-0.1, -0.05) is 25.0 Å². The number of aryl methyl sites for hydroxylation is 1. The van der Waals surface area contributed by atoms with Gasteiger partial charge in [-0.3, -0.25) is 4.90 Å². The van der Waals surface area contributed by atoms with Crippen molar-refractivity contribution in [2.24, 2.45) is 0 Å². The summed E-state index contributed by atoms with van der Waals surface area (Å²) in [6.07, 6.45) is 7.54. The van der Waals surface area contributed by atoms with Gasteiger partial charge in [-0.25, -0.2) is 4.79 Å². The molecule has 0 aromatic heterocycles. The Morgan fingerprint density at radius 1 is 1.04 bits per heavy atom. The minimum absolute atomic E-state index is 0.0177. The Labute approximate surface area is 150 Å². The topological polar surface area (TPSA) is 55.8 Å². The van der Waals surface area contributed by atoms with Crippen molar-refractivity contribution < 1.29 is 9.90 Å². The van der Waals surface area contributed by atoms with E-state index in [-0.39, 0.29) is 18.2 Å². The summed E-state index contributed by atoms with van der Waals surface area (Å²) in [6.45, 7) is 3.21. The van der Waals surface area contributed by atoms with E-state index in [4.69, 9.17) is 0 Å². The molecule has 1 saturated heterocycles. The van der Waals surface area contributed by atoms with Crippen LogP contribution < -0.4 is 5.32 Å². The summed E-state index contributed by atoms with van der Waals surface area (Å²) < 4.78 is 0. The molecule has 2 atom stereocenters. The lowest BCUT2D eigenvalue weighted by atomic mass is 9.91. The number of hydrogen-bond acceptors (Lipinski definition) is 3. The number of rotatable bonds is 2. The maximum absolute atomic E-state index is 12.7. The largest absolute Gasteiger partial charge is 0.391 e. The fraction of sp³-hybridized carbons (Fsp3) is 0.650. The molecule has 136 valence electrons. The number of amides is 2. The van der Waals surface area contributed by atoms with Gasteiger partial charge in [-0.15, -0.1) is 0 Å². The second-order valence-corrected chi connectivity index (χ2v) is 7.67. The number of aliphatic hydroxyl groups excluding tert-OH is 1. The lowest BCUT2D eigenvalue weighted by Gasteiger charge is -2.42. The molecule has 3 aliphatic rings. The van der Waals surface area contributed by atoms with Crippen LogP contribution in [0.25, 0.3) is 0 Å². The van der Waals surface area contributed by atoms with Gasteiger partial charge < -0.3 is 15.3 Å². The Morgan fingerprint density at radius 3 is 2.64 bits per heavy atom. The number of piperazine rings is 1. The summed E-state index contributed by atoms with van der Waals surface area (Å²) in [5, 5.41) is 13.4. The molecule has 1 aromatic rings. The van der Waals surface area contributed by atoms with E-state index in [1.54, 1.807) is 0 Å². The number of urea groups is 1. The maximum atomic E-state index is 12.7. The first-order chi connectivity index (χ1) is 12.2. The van der Waals surface area contributed by atoms with Gasteiger partial charge in [0.25, 0.3) is 0 Å². The maximum Gasteiger partial charge on any atom is 0.321 e. The first-order valence-electron chi connectivity index (χ1n) is 9.81. The van der Waals surface area contributed by atoms with Crippen LogP contribution in [0.5, 0.6) is 0 Å². The molecule has 0 spiro atoms.